The lowest BCUT2D eigenvalue weighted by Gasteiger charge is -2.39. The van der Waals surface area contributed by atoms with Gasteiger partial charge < -0.3 is 9.47 Å². The third kappa shape index (κ3) is 3.78. The van der Waals surface area contributed by atoms with E-state index in [4.69, 9.17) is 9.47 Å². The Morgan fingerprint density at radius 1 is 1.30 bits per heavy atom. The van der Waals surface area contributed by atoms with Gasteiger partial charge in [0.25, 0.3) is 0 Å². The first kappa shape index (κ1) is 14.9. The number of allylic oxidation sites excluding steroid dienone is 2. The minimum Gasteiger partial charge on any atom is -0.348 e. The summed E-state index contributed by atoms with van der Waals surface area (Å²) in [7, 11) is 0. The minimum absolute atomic E-state index is 0.0136. The van der Waals surface area contributed by atoms with Gasteiger partial charge in [-0.3, -0.25) is 4.99 Å². The van der Waals surface area contributed by atoms with Crippen LogP contribution in [0.25, 0.3) is 0 Å². The number of hydrogen-bond donors (Lipinski definition) is 0. The average molecular weight is 273 g/mol. The van der Waals surface area contributed by atoms with E-state index in [2.05, 4.69) is 17.1 Å². The molecule has 1 aliphatic heterocycles. The summed E-state index contributed by atoms with van der Waals surface area (Å²) in [5.74, 6) is -0.567. The van der Waals surface area contributed by atoms with Gasteiger partial charge in [0.15, 0.2) is 5.79 Å². The van der Waals surface area contributed by atoms with Gasteiger partial charge in [-0.1, -0.05) is 36.4 Å². The molecule has 0 saturated carbocycles. The van der Waals surface area contributed by atoms with Crippen molar-refractivity contribution in [2.24, 2.45) is 4.99 Å². The molecule has 20 heavy (non-hydrogen) atoms. The lowest BCUT2D eigenvalue weighted by molar-refractivity contribution is -0.281. The van der Waals surface area contributed by atoms with Crippen molar-refractivity contribution in [1.29, 1.82) is 0 Å². The van der Waals surface area contributed by atoms with Gasteiger partial charge in [-0.15, -0.1) is 0 Å². The van der Waals surface area contributed by atoms with Gasteiger partial charge in [0.1, 0.15) is 12.1 Å². The van der Waals surface area contributed by atoms with Gasteiger partial charge in [0.2, 0.25) is 0 Å². The summed E-state index contributed by atoms with van der Waals surface area (Å²) in [6.07, 6.45) is 3.86. The van der Waals surface area contributed by atoms with Gasteiger partial charge in [-0.25, -0.2) is 0 Å². The highest BCUT2D eigenvalue weighted by Gasteiger charge is 2.37. The van der Waals surface area contributed by atoms with E-state index in [9.17, 15) is 0 Å². The monoisotopic (exact) mass is 273 g/mol. The Morgan fingerprint density at radius 2 is 2.00 bits per heavy atom. The third-order valence-electron chi connectivity index (χ3n) is 3.42. The molecule has 0 unspecified atom stereocenters. The molecule has 108 valence electrons. The topological polar surface area (TPSA) is 30.8 Å². The zero-order chi connectivity index (χ0) is 14.6. The molecule has 0 bridgehead atoms. The molecule has 0 N–H and O–H groups in total. The van der Waals surface area contributed by atoms with E-state index in [0.29, 0.717) is 6.61 Å². The van der Waals surface area contributed by atoms with Crippen molar-refractivity contribution < 1.29 is 9.47 Å². The molecule has 1 heterocycles. The Morgan fingerprint density at radius 3 is 2.65 bits per heavy atom. The fourth-order valence-electron chi connectivity index (χ4n) is 2.13. The van der Waals surface area contributed by atoms with Gasteiger partial charge in [0.05, 0.1) is 6.61 Å². The van der Waals surface area contributed by atoms with E-state index in [1.165, 1.54) is 0 Å². The Balaban J connectivity index is 2.23. The number of nitrogens with zero attached hydrogens (tertiary/aromatic N) is 1. The van der Waals surface area contributed by atoms with Crippen LogP contribution in [0.4, 0.5) is 0 Å². The zero-order valence-electron chi connectivity index (χ0n) is 12.7. The third-order valence-corrected chi connectivity index (χ3v) is 3.42. The summed E-state index contributed by atoms with van der Waals surface area (Å²) in [4.78, 5) is 4.63. The van der Waals surface area contributed by atoms with Crippen molar-refractivity contribution in [3.8, 4) is 0 Å². The molecule has 0 aliphatic carbocycles. The van der Waals surface area contributed by atoms with E-state index < -0.39 is 5.79 Å². The van der Waals surface area contributed by atoms with Gasteiger partial charge in [0, 0.05) is 6.21 Å². The van der Waals surface area contributed by atoms with Crippen molar-refractivity contribution in [2.75, 3.05) is 6.61 Å². The molecular formula is C17H23NO2. The van der Waals surface area contributed by atoms with E-state index >= 15 is 0 Å². The van der Waals surface area contributed by atoms with Crippen LogP contribution in [0, 0.1) is 0 Å². The predicted molar refractivity (Wildman–Crippen MR) is 82.0 cm³/mol. The molecule has 2 atom stereocenters. The standard InChI is InChI=1S/C17H23NO2/c1-5-13(2)11-18-15-12-19-17(3,4)20-16(15)14-9-7-6-8-10-14/h5-11,15-16H,12H2,1-4H3/b13-5+,18-11?/t15-,16-/m0/s1. The maximum atomic E-state index is 6.08. The van der Waals surface area contributed by atoms with Crippen LogP contribution in [-0.4, -0.2) is 24.7 Å². The lowest BCUT2D eigenvalue weighted by Crippen LogP contribution is -2.43. The Hall–Kier alpha value is -1.45. The van der Waals surface area contributed by atoms with E-state index in [1.54, 1.807) is 0 Å². The molecule has 3 heteroatoms. The molecule has 3 nitrogen and oxygen atoms in total. The molecule has 2 rings (SSSR count). The summed E-state index contributed by atoms with van der Waals surface area (Å²) >= 11 is 0. The quantitative estimate of drug-likeness (QED) is 0.782. The summed E-state index contributed by atoms with van der Waals surface area (Å²) in [6.45, 7) is 8.50. The number of aliphatic imine (C=N–C) groups is 1. The maximum Gasteiger partial charge on any atom is 0.163 e. The highest BCUT2D eigenvalue weighted by molar-refractivity contribution is 5.77. The van der Waals surface area contributed by atoms with Crippen molar-refractivity contribution >= 4 is 6.21 Å². The molecule has 1 fully saturated rings. The van der Waals surface area contributed by atoms with Crippen LogP contribution < -0.4 is 0 Å². The first-order chi connectivity index (χ1) is 9.52. The van der Waals surface area contributed by atoms with Crippen molar-refractivity contribution in [3.63, 3.8) is 0 Å². The largest absolute Gasteiger partial charge is 0.348 e. The van der Waals surface area contributed by atoms with Gasteiger partial charge >= 0.3 is 0 Å². The molecule has 0 radical (unpaired) electrons. The second-order valence-corrected chi connectivity index (χ2v) is 5.54. The number of benzene rings is 1. The Labute approximate surface area is 121 Å². The smallest absolute Gasteiger partial charge is 0.163 e. The number of rotatable bonds is 3. The van der Waals surface area contributed by atoms with E-state index in [1.807, 2.05) is 58.2 Å². The Kier molecular flexibility index (Phi) is 4.73. The molecular weight excluding hydrogens is 250 g/mol. The molecule has 0 amide bonds. The second kappa shape index (κ2) is 6.33. The summed E-state index contributed by atoms with van der Waals surface area (Å²) in [6, 6.07) is 10.2. The predicted octanol–water partition coefficient (Wildman–Crippen LogP) is 3.92. The SMILES string of the molecule is C/C=C(\C)C=N[C@H]1COC(C)(C)O[C@H]1c1ccccc1. The summed E-state index contributed by atoms with van der Waals surface area (Å²) in [5, 5.41) is 0. The van der Waals surface area contributed by atoms with Crippen LogP contribution >= 0.6 is 0 Å². The van der Waals surface area contributed by atoms with Gasteiger partial charge in [-0.05, 0) is 38.8 Å². The first-order valence-corrected chi connectivity index (χ1v) is 7.04. The van der Waals surface area contributed by atoms with Crippen LogP contribution in [0.5, 0.6) is 0 Å². The molecule has 0 aromatic heterocycles. The van der Waals surface area contributed by atoms with Crippen LogP contribution in [-0.2, 0) is 9.47 Å². The molecule has 1 aromatic carbocycles. The van der Waals surface area contributed by atoms with Crippen LogP contribution in [0.3, 0.4) is 0 Å². The van der Waals surface area contributed by atoms with Crippen molar-refractivity contribution in [3.05, 3.63) is 47.5 Å². The van der Waals surface area contributed by atoms with Crippen molar-refractivity contribution in [2.45, 2.75) is 45.6 Å². The number of ether oxygens (including phenoxy) is 2. The number of hydrogen-bond acceptors (Lipinski definition) is 3. The molecule has 1 aliphatic rings. The molecule has 0 spiro atoms. The minimum atomic E-state index is -0.567. The maximum absolute atomic E-state index is 6.08. The second-order valence-electron chi connectivity index (χ2n) is 5.54. The fraction of sp³-hybridized carbons (Fsp3) is 0.471. The highest BCUT2D eigenvalue weighted by atomic mass is 16.7. The molecule has 1 saturated heterocycles. The van der Waals surface area contributed by atoms with E-state index in [-0.39, 0.29) is 12.1 Å². The first-order valence-electron chi connectivity index (χ1n) is 7.04. The summed E-state index contributed by atoms with van der Waals surface area (Å²) in [5.41, 5.74) is 2.28. The van der Waals surface area contributed by atoms with Gasteiger partial charge in [-0.2, -0.15) is 0 Å². The van der Waals surface area contributed by atoms with E-state index in [0.717, 1.165) is 11.1 Å². The average Bonchev–Trinajstić information content (AvgIpc) is 2.46. The Bertz CT molecular complexity index is 491. The zero-order valence-corrected chi connectivity index (χ0v) is 12.7. The van der Waals surface area contributed by atoms with Crippen LogP contribution in [0.2, 0.25) is 0 Å². The fourth-order valence-corrected chi connectivity index (χ4v) is 2.13. The summed E-state index contributed by atoms with van der Waals surface area (Å²) < 4.78 is 11.8. The normalized spacial score (nSPS) is 26.9. The van der Waals surface area contributed by atoms with Crippen LogP contribution in [0.15, 0.2) is 47.0 Å². The van der Waals surface area contributed by atoms with Crippen molar-refractivity contribution in [1.82, 2.24) is 0 Å². The molecule has 1 aromatic rings. The van der Waals surface area contributed by atoms with Crippen LogP contribution in [0.1, 0.15) is 39.4 Å². The lowest BCUT2D eigenvalue weighted by atomic mass is 10.0. The highest BCUT2D eigenvalue weighted by Crippen LogP contribution is 2.34.